The molecule has 0 spiro atoms. The fourth-order valence-electron chi connectivity index (χ4n) is 1.46. The molecule has 3 amide bonds. The Labute approximate surface area is 114 Å². The average molecular weight is 276 g/mol. The fraction of sp³-hybridized carbons (Fsp3) is 0.167. The van der Waals surface area contributed by atoms with Crippen LogP contribution in [0.15, 0.2) is 36.5 Å². The van der Waals surface area contributed by atoms with Crippen LogP contribution in [0.1, 0.15) is 13.3 Å². The summed E-state index contributed by atoms with van der Waals surface area (Å²) in [5, 5.41) is 6.71. The quantitative estimate of drug-likeness (QED) is 0.934. The molecule has 19 heavy (non-hydrogen) atoms. The lowest BCUT2D eigenvalue weighted by molar-refractivity contribution is -0.117. The standard InChI is InChI=1S/C12H12N4O2S/c1-2-10(17)16(11-8-13-15-19-11)12(18)14-9-6-4-3-5-7-9/h3-8H,2H2,1H3,(H,14,18). The minimum atomic E-state index is -0.510. The highest BCUT2D eigenvalue weighted by Gasteiger charge is 2.24. The van der Waals surface area contributed by atoms with E-state index in [1.165, 1.54) is 6.20 Å². The molecule has 0 aliphatic heterocycles. The SMILES string of the molecule is CCC(=O)N(C(=O)Nc1ccccc1)c1cnns1. The van der Waals surface area contributed by atoms with Gasteiger partial charge in [0, 0.05) is 23.6 Å². The first-order valence-corrected chi connectivity index (χ1v) is 6.46. The zero-order valence-corrected chi connectivity index (χ0v) is 11.1. The molecule has 0 saturated heterocycles. The maximum Gasteiger partial charge on any atom is 0.333 e. The van der Waals surface area contributed by atoms with Gasteiger partial charge in [-0.2, -0.15) is 0 Å². The van der Waals surface area contributed by atoms with E-state index in [2.05, 4.69) is 14.9 Å². The first-order valence-electron chi connectivity index (χ1n) is 5.68. The lowest BCUT2D eigenvalue weighted by Crippen LogP contribution is -2.39. The number of aromatic nitrogens is 2. The van der Waals surface area contributed by atoms with E-state index in [9.17, 15) is 9.59 Å². The summed E-state index contributed by atoms with van der Waals surface area (Å²) < 4.78 is 3.67. The lowest BCUT2D eigenvalue weighted by Gasteiger charge is -2.18. The second-order valence-corrected chi connectivity index (χ2v) is 4.40. The van der Waals surface area contributed by atoms with Gasteiger partial charge in [-0.3, -0.25) is 4.79 Å². The Balaban J connectivity index is 2.20. The van der Waals surface area contributed by atoms with Crippen LogP contribution in [0.5, 0.6) is 0 Å². The molecular weight excluding hydrogens is 264 g/mol. The first kappa shape index (κ1) is 13.2. The van der Waals surface area contributed by atoms with Crippen LogP contribution in [0.2, 0.25) is 0 Å². The summed E-state index contributed by atoms with van der Waals surface area (Å²) in [6, 6.07) is 8.43. The normalized spacial score (nSPS) is 9.95. The van der Waals surface area contributed by atoms with Gasteiger partial charge in [-0.25, -0.2) is 9.69 Å². The van der Waals surface area contributed by atoms with E-state index in [0.29, 0.717) is 10.7 Å². The summed E-state index contributed by atoms with van der Waals surface area (Å²) >= 11 is 0.997. The van der Waals surface area contributed by atoms with E-state index in [1.54, 1.807) is 31.2 Å². The number of rotatable bonds is 3. The lowest BCUT2D eigenvalue weighted by atomic mass is 10.3. The molecule has 7 heteroatoms. The monoisotopic (exact) mass is 276 g/mol. The van der Waals surface area contributed by atoms with Crippen molar-refractivity contribution in [2.45, 2.75) is 13.3 Å². The van der Waals surface area contributed by atoms with Crippen molar-refractivity contribution in [3.8, 4) is 0 Å². The molecule has 0 aliphatic carbocycles. The molecule has 2 aromatic rings. The second-order valence-electron chi connectivity index (χ2n) is 3.63. The van der Waals surface area contributed by atoms with Crippen LogP contribution in [0.4, 0.5) is 15.5 Å². The molecule has 0 unspecified atom stereocenters. The Morgan fingerprint density at radius 2 is 2.05 bits per heavy atom. The van der Waals surface area contributed by atoms with Crippen molar-refractivity contribution >= 4 is 34.2 Å². The third-order valence-corrected chi connectivity index (χ3v) is 3.00. The largest absolute Gasteiger partial charge is 0.333 e. The highest BCUT2D eigenvalue weighted by atomic mass is 32.1. The highest BCUT2D eigenvalue weighted by molar-refractivity contribution is 7.10. The topological polar surface area (TPSA) is 75.2 Å². The second kappa shape index (κ2) is 6.05. The zero-order chi connectivity index (χ0) is 13.7. The van der Waals surface area contributed by atoms with Crippen molar-refractivity contribution in [3.05, 3.63) is 36.5 Å². The van der Waals surface area contributed by atoms with Gasteiger partial charge in [0.05, 0.1) is 6.20 Å². The van der Waals surface area contributed by atoms with Gasteiger partial charge in [0.1, 0.15) is 5.00 Å². The smallest absolute Gasteiger partial charge is 0.307 e. The molecule has 6 nitrogen and oxygen atoms in total. The van der Waals surface area contributed by atoms with Crippen molar-refractivity contribution in [1.29, 1.82) is 0 Å². The molecule has 0 atom stereocenters. The maximum absolute atomic E-state index is 12.2. The molecule has 1 N–H and O–H groups in total. The molecule has 0 saturated carbocycles. The molecule has 0 bridgehead atoms. The zero-order valence-electron chi connectivity index (χ0n) is 10.2. The predicted molar refractivity (Wildman–Crippen MR) is 73.1 cm³/mol. The number of nitrogens with zero attached hydrogens (tertiary/aromatic N) is 3. The number of amides is 3. The van der Waals surface area contributed by atoms with E-state index in [4.69, 9.17) is 0 Å². The van der Waals surface area contributed by atoms with Crippen molar-refractivity contribution < 1.29 is 9.59 Å². The number of carbonyl (C=O) groups excluding carboxylic acids is 2. The average Bonchev–Trinajstić information content (AvgIpc) is 2.93. The maximum atomic E-state index is 12.2. The number of hydrogen-bond acceptors (Lipinski definition) is 5. The summed E-state index contributed by atoms with van der Waals surface area (Å²) in [7, 11) is 0. The minimum absolute atomic E-state index is 0.222. The summed E-state index contributed by atoms with van der Waals surface area (Å²) in [5.74, 6) is -0.306. The van der Waals surface area contributed by atoms with E-state index in [1.807, 2.05) is 6.07 Å². The van der Waals surface area contributed by atoms with Crippen LogP contribution in [-0.2, 0) is 4.79 Å². The summed E-state index contributed by atoms with van der Waals surface area (Å²) in [6.45, 7) is 1.69. The number of carbonyl (C=O) groups is 2. The van der Waals surface area contributed by atoms with Gasteiger partial charge < -0.3 is 5.32 Å². The van der Waals surface area contributed by atoms with Crippen LogP contribution in [-0.4, -0.2) is 21.5 Å². The molecule has 0 aliphatic rings. The molecule has 1 aromatic heterocycles. The molecule has 1 aromatic carbocycles. The van der Waals surface area contributed by atoms with Gasteiger partial charge in [0.2, 0.25) is 5.91 Å². The fourth-order valence-corrected chi connectivity index (χ4v) is 1.99. The Kier molecular flexibility index (Phi) is 4.19. The van der Waals surface area contributed by atoms with Crippen LogP contribution >= 0.6 is 11.5 Å². The van der Waals surface area contributed by atoms with Gasteiger partial charge >= 0.3 is 6.03 Å². The van der Waals surface area contributed by atoms with Gasteiger partial charge in [-0.1, -0.05) is 29.6 Å². The van der Waals surface area contributed by atoms with Crippen molar-refractivity contribution in [2.24, 2.45) is 0 Å². The summed E-state index contributed by atoms with van der Waals surface area (Å²) in [4.78, 5) is 25.1. The third kappa shape index (κ3) is 3.14. The first-order chi connectivity index (χ1) is 9.22. The third-order valence-electron chi connectivity index (χ3n) is 2.35. The Bertz CT molecular complexity index is 556. The van der Waals surface area contributed by atoms with Crippen molar-refractivity contribution in [3.63, 3.8) is 0 Å². The number of anilines is 2. The number of para-hydroxylation sites is 1. The van der Waals surface area contributed by atoms with Crippen LogP contribution < -0.4 is 10.2 Å². The van der Waals surface area contributed by atoms with E-state index in [-0.39, 0.29) is 12.3 Å². The molecule has 0 fully saturated rings. The number of hydrogen-bond donors (Lipinski definition) is 1. The van der Waals surface area contributed by atoms with Gasteiger partial charge in [-0.05, 0) is 12.1 Å². The van der Waals surface area contributed by atoms with Gasteiger partial charge in [0.15, 0.2) is 0 Å². The molecular formula is C12H12N4O2S. The summed E-state index contributed by atoms with van der Waals surface area (Å²) in [6.07, 6.45) is 1.61. The van der Waals surface area contributed by atoms with Crippen LogP contribution in [0, 0.1) is 0 Å². The number of imide groups is 1. The summed E-state index contributed by atoms with van der Waals surface area (Å²) in [5.41, 5.74) is 0.624. The minimum Gasteiger partial charge on any atom is -0.307 e. The van der Waals surface area contributed by atoms with Gasteiger partial charge in [-0.15, -0.1) is 5.10 Å². The number of urea groups is 1. The number of benzene rings is 1. The van der Waals surface area contributed by atoms with Crippen LogP contribution in [0.3, 0.4) is 0 Å². The molecule has 98 valence electrons. The predicted octanol–water partition coefficient (Wildman–Crippen LogP) is 2.51. The Hall–Kier alpha value is -2.28. The van der Waals surface area contributed by atoms with E-state index in [0.717, 1.165) is 16.4 Å². The van der Waals surface area contributed by atoms with Crippen LogP contribution in [0.25, 0.3) is 0 Å². The Morgan fingerprint density at radius 1 is 1.32 bits per heavy atom. The van der Waals surface area contributed by atoms with Crippen molar-refractivity contribution in [2.75, 3.05) is 10.2 Å². The Morgan fingerprint density at radius 3 is 2.63 bits per heavy atom. The van der Waals surface area contributed by atoms with E-state index >= 15 is 0 Å². The number of nitrogens with one attached hydrogen (secondary N) is 1. The molecule has 1 heterocycles. The molecule has 0 radical (unpaired) electrons. The highest BCUT2D eigenvalue weighted by Crippen LogP contribution is 2.19. The van der Waals surface area contributed by atoms with E-state index < -0.39 is 6.03 Å². The van der Waals surface area contributed by atoms with Gasteiger partial charge in [0.25, 0.3) is 0 Å². The van der Waals surface area contributed by atoms with Crippen molar-refractivity contribution in [1.82, 2.24) is 9.59 Å². The molecule has 2 rings (SSSR count).